The van der Waals surface area contributed by atoms with Crippen LogP contribution in [0, 0.1) is 0 Å². The quantitative estimate of drug-likeness (QED) is 0.0999. The Labute approximate surface area is 309 Å². The number of nitrogens with two attached hydrogens (primary N) is 1. The largest absolute Gasteiger partial charge is 0.377 e. The molecule has 2 aliphatic heterocycles. The number of carbonyl (C=O) groups is 1. The van der Waals surface area contributed by atoms with Gasteiger partial charge in [-0.25, -0.2) is 4.98 Å². The summed E-state index contributed by atoms with van der Waals surface area (Å²) < 4.78 is 1.90. The number of hydrogen-bond donors (Lipinski definition) is 6. The predicted octanol–water partition coefficient (Wildman–Crippen LogP) is 3.44. The summed E-state index contributed by atoms with van der Waals surface area (Å²) in [6.07, 6.45) is 16.2. The van der Waals surface area contributed by atoms with Gasteiger partial charge in [-0.2, -0.15) is 4.98 Å². The Morgan fingerprint density at radius 1 is 0.904 bits per heavy atom. The smallest absolute Gasteiger partial charge is 0.225 e. The second kappa shape index (κ2) is 20.1. The van der Waals surface area contributed by atoms with Crippen LogP contribution in [-0.2, 0) is 17.9 Å². The molecule has 3 aromatic rings. The fraction of sp³-hybridized carbons (Fsp3) is 0.711. The average molecular weight is 719 g/mol. The number of amides is 1. The van der Waals surface area contributed by atoms with Gasteiger partial charge in [0.05, 0.1) is 18.3 Å². The molecule has 1 aromatic carbocycles. The number of likely N-dealkylation sites (tertiary alicyclic amines) is 2. The lowest BCUT2D eigenvalue weighted by atomic mass is 9.95. The van der Waals surface area contributed by atoms with Gasteiger partial charge in [-0.3, -0.25) is 14.4 Å². The van der Waals surface area contributed by atoms with Crippen LogP contribution < -0.4 is 27.0 Å². The monoisotopic (exact) mass is 719 g/mol. The van der Waals surface area contributed by atoms with Crippen molar-refractivity contribution in [3.8, 4) is 0 Å². The van der Waals surface area contributed by atoms with Crippen molar-refractivity contribution >= 4 is 28.6 Å². The van der Waals surface area contributed by atoms with E-state index in [-0.39, 0.29) is 11.9 Å². The Bertz CT molecular complexity index is 1500. The highest BCUT2D eigenvalue weighted by Crippen LogP contribution is 2.25. The van der Waals surface area contributed by atoms with E-state index in [1.165, 1.54) is 38.5 Å². The third-order valence-electron chi connectivity index (χ3n) is 11.0. The number of aliphatic hydroxyl groups is 1. The Hall–Kier alpha value is -3.43. The molecule has 0 bridgehead atoms. The van der Waals surface area contributed by atoms with Gasteiger partial charge >= 0.3 is 0 Å². The van der Waals surface area contributed by atoms with Crippen LogP contribution in [-0.4, -0.2) is 116 Å². The first-order valence-electron chi connectivity index (χ1n) is 20.1. The molecule has 1 saturated carbocycles. The number of nitrogens with zero attached hydrogens (tertiary/aromatic N) is 7. The van der Waals surface area contributed by atoms with Crippen LogP contribution in [0.1, 0.15) is 95.6 Å². The second-order valence-corrected chi connectivity index (χ2v) is 15.0. The number of piperidine rings is 2. The number of rotatable bonds is 19. The number of aromatic nitrogens is 5. The van der Waals surface area contributed by atoms with E-state index >= 15 is 0 Å². The summed E-state index contributed by atoms with van der Waals surface area (Å²) in [7, 11) is 0. The summed E-state index contributed by atoms with van der Waals surface area (Å²) in [5, 5.41) is 34.6. The van der Waals surface area contributed by atoms with E-state index in [1.807, 2.05) is 40.0 Å². The number of anilines is 2. The van der Waals surface area contributed by atoms with Gasteiger partial charge in [0.25, 0.3) is 0 Å². The average Bonchev–Trinajstić information content (AvgIpc) is 3.65. The standard InChI is InChI=1S/C38H62N12O2/c39-33(37(52)49-22-7-2-8-23-49)15-16-35(51)48-25-17-30(18-26-48)43-36-32-13-5-6-14-34(32)44-38(45-36)42-27-31-28-50(47-46-31)24-10-20-40-19-9-21-41-29-11-3-1-4-12-29/h5-6,13-14,28-30,33,37,40-41,52H,1-4,7-12,15-27,39H2,(H2,42,43,44,45)/t33-,37?/m0/s1. The van der Waals surface area contributed by atoms with E-state index in [0.29, 0.717) is 38.4 Å². The van der Waals surface area contributed by atoms with Crippen molar-refractivity contribution < 1.29 is 9.90 Å². The molecule has 0 spiro atoms. The molecule has 286 valence electrons. The van der Waals surface area contributed by atoms with Crippen molar-refractivity contribution in [1.82, 2.24) is 45.4 Å². The van der Waals surface area contributed by atoms with Gasteiger partial charge < -0.3 is 37.0 Å². The third-order valence-corrected chi connectivity index (χ3v) is 11.0. The second-order valence-electron chi connectivity index (χ2n) is 15.0. The van der Waals surface area contributed by atoms with E-state index in [0.717, 1.165) is 106 Å². The summed E-state index contributed by atoms with van der Waals surface area (Å²) in [6, 6.07) is 8.53. The molecule has 3 aliphatic rings. The molecule has 14 nitrogen and oxygen atoms in total. The van der Waals surface area contributed by atoms with E-state index in [9.17, 15) is 9.90 Å². The zero-order valence-electron chi connectivity index (χ0n) is 31.0. The van der Waals surface area contributed by atoms with Gasteiger partial charge in [0, 0.05) is 62.7 Å². The molecule has 2 atom stereocenters. The Kier molecular flexibility index (Phi) is 14.8. The maximum Gasteiger partial charge on any atom is 0.225 e. The molecule has 2 aromatic heterocycles. The van der Waals surface area contributed by atoms with Crippen LogP contribution in [0.2, 0.25) is 0 Å². The van der Waals surface area contributed by atoms with Gasteiger partial charge in [-0.1, -0.05) is 43.0 Å². The number of aryl methyl sites for hydroxylation is 1. The first-order valence-corrected chi connectivity index (χ1v) is 20.1. The summed E-state index contributed by atoms with van der Waals surface area (Å²) in [5.74, 6) is 1.44. The van der Waals surface area contributed by atoms with Gasteiger partial charge in [-0.15, -0.1) is 5.10 Å². The molecule has 3 fully saturated rings. The number of fused-ring (bicyclic) bond motifs is 1. The minimum absolute atomic E-state index is 0.111. The van der Waals surface area contributed by atoms with Crippen molar-refractivity contribution in [2.24, 2.45) is 5.73 Å². The molecule has 14 heteroatoms. The molecule has 1 aliphatic carbocycles. The van der Waals surface area contributed by atoms with E-state index in [4.69, 9.17) is 15.7 Å². The number of carbonyl (C=O) groups excluding carboxylic acids is 1. The van der Waals surface area contributed by atoms with Crippen LogP contribution in [0.15, 0.2) is 30.5 Å². The maximum absolute atomic E-state index is 13.0. The highest BCUT2D eigenvalue weighted by atomic mass is 16.3. The van der Waals surface area contributed by atoms with Crippen molar-refractivity contribution in [1.29, 1.82) is 0 Å². The van der Waals surface area contributed by atoms with Crippen molar-refractivity contribution in [3.63, 3.8) is 0 Å². The van der Waals surface area contributed by atoms with Crippen LogP contribution in [0.4, 0.5) is 11.8 Å². The lowest BCUT2D eigenvalue weighted by Gasteiger charge is -2.35. The van der Waals surface area contributed by atoms with Crippen molar-refractivity contribution in [2.75, 3.05) is 56.4 Å². The first kappa shape index (κ1) is 38.3. The van der Waals surface area contributed by atoms with Crippen LogP contribution in [0.25, 0.3) is 10.9 Å². The Morgan fingerprint density at radius 3 is 2.50 bits per heavy atom. The number of aliphatic hydroxyl groups excluding tert-OH is 1. The number of para-hydroxylation sites is 1. The van der Waals surface area contributed by atoms with E-state index in [1.54, 1.807) is 0 Å². The fourth-order valence-electron chi connectivity index (χ4n) is 7.80. The van der Waals surface area contributed by atoms with Crippen LogP contribution in [0.3, 0.4) is 0 Å². The maximum atomic E-state index is 13.0. The zero-order valence-corrected chi connectivity index (χ0v) is 31.0. The first-order chi connectivity index (χ1) is 25.5. The molecular formula is C38H62N12O2. The summed E-state index contributed by atoms with van der Waals surface area (Å²) in [6.45, 7) is 7.51. The molecule has 4 heterocycles. The molecule has 0 radical (unpaired) electrons. The highest BCUT2D eigenvalue weighted by molar-refractivity contribution is 5.90. The molecule has 7 N–H and O–H groups in total. The van der Waals surface area contributed by atoms with Crippen LogP contribution in [0.5, 0.6) is 0 Å². The number of hydrogen-bond acceptors (Lipinski definition) is 12. The lowest BCUT2D eigenvalue weighted by molar-refractivity contribution is -0.132. The summed E-state index contributed by atoms with van der Waals surface area (Å²) in [4.78, 5) is 26.7. The minimum Gasteiger partial charge on any atom is -0.377 e. The van der Waals surface area contributed by atoms with Gasteiger partial charge in [0.2, 0.25) is 11.9 Å². The van der Waals surface area contributed by atoms with E-state index < -0.39 is 12.3 Å². The van der Waals surface area contributed by atoms with Gasteiger partial charge in [-0.05, 0) is 89.6 Å². The topological polar surface area (TPSA) is 174 Å². The van der Waals surface area contributed by atoms with Crippen LogP contribution >= 0.6 is 0 Å². The lowest BCUT2D eigenvalue weighted by Crippen LogP contribution is -2.50. The molecule has 1 unspecified atom stereocenters. The third kappa shape index (κ3) is 11.5. The fourth-order valence-corrected chi connectivity index (χ4v) is 7.80. The normalized spacial score (nSPS) is 19.2. The van der Waals surface area contributed by atoms with Gasteiger partial charge in [0.1, 0.15) is 17.7 Å². The van der Waals surface area contributed by atoms with Gasteiger partial charge in [0.15, 0.2) is 0 Å². The van der Waals surface area contributed by atoms with E-state index in [2.05, 4.69) is 36.5 Å². The van der Waals surface area contributed by atoms with Crippen molar-refractivity contribution in [2.45, 2.75) is 127 Å². The Balaban J connectivity index is 0.905. The molecule has 2 saturated heterocycles. The highest BCUT2D eigenvalue weighted by Gasteiger charge is 2.27. The molecular weight excluding hydrogens is 656 g/mol. The predicted molar refractivity (Wildman–Crippen MR) is 206 cm³/mol. The SMILES string of the molecule is N[C@@H](CCC(=O)N1CCC(Nc2nc(NCc3cn(CCCNCCCNC4CCCCC4)nn3)nc3ccccc23)CC1)C(O)N1CCCCC1. The Morgan fingerprint density at radius 2 is 1.67 bits per heavy atom. The minimum atomic E-state index is -0.676. The summed E-state index contributed by atoms with van der Waals surface area (Å²) >= 11 is 0. The van der Waals surface area contributed by atoms with Crippen molar-refractivity contribution in [3.05, 3.63) is 36.2 Å². The molecule has 1 amide bonds. The summed E-state index contributed by atoms with van der Waals surface area (Å²) in [5.41, 5.74) is 8.00. The molecule has 6 rings (SSSR count). The number of nitrogens with one attached hydrogen (secondary N) is 4. The molecule has 52 heavy (non-hydrogen) atoms. The number of benzene rings is 1. The zero-order chi connectivity index (χ0) is 36.0.